The number of hydrogen-bond acceptors (Lipinski definition) is 4. The first-order valence-corrected chi connectivity index (χ1v) is 8.25. The molecule has 3 rings (SSSR count). The van der Waals surface area contributed by atoms with Gasteiger partial charge in [0.15, 0.2) is 0 Å². The Kier molecular flexibility index (Phi) is 4.54. The van der Waals surface area contributed by atoms with Gasteiger partial charge in [0.1, 0.15) is 0 Å². The molecule has 118 valence electrons. The van der Waals surface area contributed by atoms with Crippen LogP contribution in [0.1, 0.15) is 23.2 Å². The molecule has 0 aliphatic heterocycles. The number of carbonyl (C=O) groups is 1. The van der Waals surface area contributed by atoms with E-state index in [-0.39, 0.29) is 17.6 Å². The Morgan fingerprint density at radius 3 is 2.52 bits per heavy atom. The molecule has 0 unspecified atom stereocenters. The predicted octanol–water partition coefficient (Wildman–Crippen LogP) is 4.29. The molecule has 0 atom stereocenters. The molecule has 0 spiro atoms. The van der Waals surface area contributed by atoms with Crippen molar-refractivity contribution in [3.63, 3.8) is 0 Å². The number of amides is 1. The van der Waals surface area contributed by atoms with Crippen LogP contribution in [-0.4, -0.2) is 16.9 Å². The maximum absolute atomic E-state index is 12.0. The highest BCUT2D eigenvalue weighted by molar-refractivity contribution is 7.99. The van der Waals surface area contributed by atoms with Crippen molar-refractivity contribution in [2.24, 2.45) is 0 Å². The van der Waals surface area contributed by atoms with Gasteiger partial charge in [0, 0.05) is 27.6 Å². The summed E-state index contributed by atoms with van der Waals surface area (Å²) in [5.41, 5.74) is 0.234. The largest absolute Gasteiger partial charge is 0.349 e. The van der Waals surface area contributed by atoms with Gasteiger partial charge in [0.25, 0.3) is 11.6 Å². The summed E-state index contributed by atoms with van der Waals surface area (Å²) in [6.45, 7) is 0. The van der Waals surface area contributed by atoms with Crippen molar-refractivity contribution >= 4 is 35.0 Å². The summed E-state index contributed by atoms with van der Waals surface area (Å²) in [4.78, 5) is 24.2. The third-order valence-corrected chi connectivity index (χ3v) is 4.70. The van der Waals surface area contributed by atoms with Crippen LogP contribution < -0.4 is 5.32 Å². The molecule has 2 aromatic rings. The summed E-state index contributed by atoms with van der Waals surface area (Å²) in [7, 11) is 0. The Morgan fingerprint density at radius 2 is 1.91 bits per heavy atom. The summed E-state index contributed by atoms with van der Waals surface area (Å²) in [5.74, 6) is -0.265. The SMILES string of the molecule is O=C(NC1CC1)c1ccc(Sc2ccc(Cl)cc2)c([N+](=O)[O-])c1. The molecule has 1 saturated carbocycles. The van der Waals surface area contributed by atoms with Gasteiger partial charge in [0.2, 0.25) is 0 Å². The number of nitrogens with zero attached hydrogens (tertiary/aromatic N) is 1. The molecule has 0 radical (unpaired) electrons. The number of nitrogens with one attached hydrogen (secondary N) is 1. The number of hydrogen-bond donors (Lipinski definition) is 1. The van der Waals surface area contributed by atoms with Crippen molar-refractivity contribution in [2.75, 3.05) is 0 Å². The molecule has 0 saturated heterocycles. The average Bonchev–Trinajstić information content (AvgIpc) is 3.33. The first kappa shape index (κ1) is 15.8. The van der Waals surface area contributed by atoms with Crippen molar-refractivity contribution in [3.05, 3.63) is 63.2 Å². The van der Waals surface area contributed by atoms with E-state index in [0.29, 0.717) is 15.5 Å². The normalized spacial score (nSPS) is 13.6. The highest BCUT2D eigenvalue weighted by Gasteiger charge is 2.25. The standard InChI is InChI=1S/C16H13ClN2O3S/c17-11-2-6-13(7-3-11)23-15-8-1-10(9-14(15)19(21)22)16(20)18-12-4-5-12/h1-3,6-9,12H,4-5H2,(H,18,20). The number of nitro benzene ring substituents is 1. The second kappa shape index (κ2) is 6.60. The molecular formula is C16H13ClN2O3S. The zero-order chi connectivity index (χ0) is 16.4. The van der Waals surface area contributed by atoms with Crippen LogP contribution in [0.4, 0.5) is 5.69 Å². The minimum Gasteiger partial charge on any atom is -0.349 e. The zero-order valence-electron chi connectivity index (χ0n) is 12.0. The van der Waals surface area contributed by atoms with E-state index in [1.807, 2.05) is 0 Å². The lowest BCUT2D eigenvalue weighted by Crippen LogP contribution is -2.25. The van der Waals surface area contributed by atoms with Crippen molar-refractivity contribution in [3.8, 4) is 0 Å². The number of halogens is 1. The maximum atomic E-state index is 12.0. The van der Waals surface area contributed by atoms with E-state index >= 15 is 0 Å². The highest BCUT2D eigenvalue weighted by atomic mass is 35.5. The summed E-state index contributed by atoms with van der Waals surface area (Å²) in [6.07, 6.45) is 1.94. The molecule has 0 bridgehead atoms. The van der Waals surface area contributed by atoms with Crippen LogP contribution >= 0.6 is 23.4 Å². The molecule has 2 aromatic carbocycles. The smallest absolute Gasteiger partial charge is 0.284 e. The van der Waals surface area contributed by atoms with E-state index in [4.69, 9.17) is 11.6 Å². The summed E-state index contributed by atoms with van der Waals surface area (Å²) < 4.78 is 0. The van der Waals surface area contributed by atoms with E-state index in [1.165, 1.54) is 17.8 Å². The van der Waals surface area contributed by atoms with Crippen LogP contribution in [0, 0.1) is 10.1 Å². The lowest BCUT2D eigenvalue weighted by atomic mass is 10.2. The van der Waals surface area contributed by atoms with Gasteiger partial charge in [0.05, 0.1) is 9.82 Å². The summed E-state index contributed by atoms with van der Waals surface area (Å²) in [6, 6.07) is 11.8. The first-order valence-electron chi connectivity index (χ1n) is 7.05. The van der Waals surface area contributed by atoms with Gasteiger partial charge in [-0.1, -0.05) is 23.4 Å². The van der Waals surface area contributed by atoms with Gasteiger partial charge in [-0.25, -0.2) is 0 Å². The van der Waals surface area contributed by atoms with E-state index < -0.39 is 4.92 Å². The van der Waals surface area contributed by atoms with E-state index in [1.54, 1.807) is 36.4 Å². The Bertz CT molecular complexity index is 760. The molecule has 23 heavy (non-hydrogen) atoms. The first-order chi connectivity index (χ1) is 11.0. The van der Waals surface area contributed by atoms with Gasteiger partial charge in [-0.3, -0.25) is 14.9 Å². The van der Waals surface area contributed by atoms with Crippen LogP contribution in [0.3, 0.4) is 0 Å². The van der Waals surface area contributed by atoms with Crippen molar-refractivity contribution in [1.29, 1.82) is 0 Å². The molecule has 0 aromatic heterocycles. The molecule has 1 amide bonds. The van der Waals surface area contributed by atoms with Crippen LogP contribution in [-0.2, 0) is 0 Å². The maximum Gasteiger partial charge on any atom is 0.284 e. The van der Waals surface area contributed by atoms with E-state index in [0.717, 1.165) is 17.7 Å². The van der Waals surface area contributed by atoms with Crippen molar-refractivity contribution in [1.82, 2.24) is 5.32 Å². The van der Waals surface area contributed by atoms with E-state index in [2.05, 4.69) is 5.32 Å². The van der Waals surface area contributed by atoms with Crippen LogP contribution in [0.2, 0.25) is 5.02 Å². The molecular weight excluding hydrogens is 336 g/mol. The summed E-state index contributed by atoms with van der Waals surface area (Å²) >= 11 is 7.10. The summed E-state index contributed by atoms with van der Waals surface area (Å²) in [5, 5.41) is 14.8. The lowest BCUT2D eigenvalue weighted by Gasteiger charge is -2.07. The molecule has 1 aliphatic carbocycles. The van der Waals surface area contributed by atoms with Crippen molar-refractivity contribution < 1.29 is 9.72 Å². The van der Waals surface area contributed by atoms with Gasteiger partial charge >= 0.3 is 0 Å². The Balaban J connectivity index is 1.85. The van der Waals surface area contributed by atoms with E-state index in [9.17, 15) is 14.9 Å². The van der Waals surface area contributed by atoms with Crippen LogP contribution in [0.15, 0.2) is 52.3 Å². The van der Waals surface area contributed by atoms with Gasteiger partial charge in [-0.2, -0.15) is 0 Å². The lowest BCUT2D eigenvalue weighted by molar-refractivity contribution is -0.387. The fourth-order valence-corrected chi connectivity index (χ4v) is 3.04. The molecule has 0 heterocycles. The Labute approximate surface area is 142 Å². The number of benzene rings is 2. The monoisotopic (exact) mass is 348 g/mol. The second-order valence-corrected chi connectivity index (χ2v) is 6.80. The Hall–Kier alpha value is -2.05. The fraction of sp³-hybridized carbons (Fsp3) is 0.188. The molecule has 1 aliphatic rings. The Morgan fingerprint density at radius 1 is 1.22 bits per heavy atom. The molecule has 5 nitrogen and oxygen atoms in total. The van der Waals surface area contributed by atoms with Crippen LogP contribution in [0.25, 0.3) is 0 Å². The molecule has 7 heteroatoms. The number of rotatable bonds is 5. The predicted molar refractivity (Wildman–Crippen MR) is 89.2 cm³/mol. The second-order valence-electron chi connectivity index (χ2n) is 5.24. The van der Waals surface area contributed by atoms with Crippen LogP contribution in [0.5, 0.6) is 0 Å². The number of nitro groups is 1. The number of carbonyl (C=O) groups excluding carboxylic acids is 1. The minimum absolute atomic E-state index is 0.0756. The molecule has 1 fully saturated rings. The molecule has 1 N–H and O–H groups in total. The third-order valence-electron chi connectivity index (χ3n) is 3.37. The minimum atomic E-state index is -0.466. The quantitative estimate of drug-likeness (QED) is 0.646. The van der Waals surface area contributed by atoms with Gasteiger partial charge < -0.3 is 5.32 Å². The zero-order valence-corrected chi connectivity index (χ0v) is 13.6. The topological polar surface area (TPSA) is 72.2 Å². The highest BCUT2D eigenvalue weighted by Crippen LogP contribution is 2.35. The average molecular weight is 349 g/mol. The van der Waals surface area contributed by atoms with Gasteiger partial charge in [-0.05, 0) is 49.2 Å². The van der Waals surface area contributed by atoms with Crippen molar-refractivity contribution in [2.45, 2.75) is 28.7 Å². The van der Waals surface area contributed by atoms with Gasteiger partial charge in [-0.15, -0.1) is 0 Å². The third kappa shape index (κ3) is 4.03. The fourth-order valence-electron chi connectivity index (χ4n) is 2.01.